The molecule has 0 saturated carbocycles. The summed E-state index contributed by atoms with van der Waals surface area (Å²) in [5.41, 5.74) is 2.58. The molecule has 0 radical (unpaired) electrons. The van der Waals surface area contributed by atoms with Crippen LogP contribution in [-0.2, 0) is 4.74 Å². The maximum absolute atomic E-state index is 11.2. The Balaban J connectivity index is 1.76. The molecular weight excluding hydrogens is 244 g/mol. The number of nitrogens with zero attached hydrogens (tertiary/aromatic N) is 1. The summed E-state index contributed by atoms with van der Waals surface area (Å²) >= 11 is 0. The maximum Gasteiger partial charge on any atom is 0.323 e. The number of hydrogen-bond donors (Lipinski definition) is 3. The largest absolute Gasteiger partial charge is 0.378 e. The molecule has 1 atom stereocenters. The van der Waals surface area contributed by atoms with Crippen molar-refractivity contribution in [2.75, 3.05) is 38.3 Å². The molecule has 1 aliphatic rings. The summed E-state index contributed by atoms with van der Waals surface area (Å²) < 4.78 is 5.45. The van der Waals surface area contributed by atoms with Crippen molar-refractivity contribution in [1.29, 1.82) is 0 Å². The van der Waals surface area contributed by atoms with Crippen molar-refractivity contribution in [2.45, 2.75) is 6.04 Å². The van der Waals surface area contributed by atoms with E-state index in [2.05, 4.69) is 20.2 Å². The first-order valence-corrected chi connectivity index (χ1v) is 6.47. The van der Waals surface area contributed by atoms with Crippen molar-refractivity contribution in [2.24, 2.45) is 0 Å². The number of benzene rings is 1. The summed E-state index contributed by atoms with van der Waals surface area (Å²) in [5.74, 6) is 0. The van der Waals surface area contributed by atoms with E-state index in [0.717, 1.165) is 43.0 Å². The van der Waals surface area contributed by atoms with Crippen molar-refractivity contribution in [3.05, 3.63) is 28.7 Å². The summed E-state index contributed by atoms with van der Waals surface area (Å²) in [5, 5.41) is 3.43. The minimum atomic E-state index is -0.169. The Hall–Kier alpha value is -1.79. The van der Waals surface area contributed by atoms with Crippen molar-refractivity contribution in [1.82, 2.24) is 15.3 Å². The summed E-state index contributed by atoms with van der Waals surface area (Å²) in [4.78, 5) is 18.9. The van der Waals surface area contributed by atoms with E-state index in [0.29, 0.717) is 6.04 Å². The van der Waals surface area contributed by atoms with Gasteiger partial charge in [0.2, 0.25) is 0 Å². The number of aromatic amines is 2. The normalized spacial score (nSPS) is 19.7. The van der Waals surface area contributed by atoms with Gasteiger partial charge in [-0.3, -0.25) is 0 Å². The summed E-state index contributed by atoms with van der Waals surface area (Å²) in [6, 6.07) is 6.26. The number of fused-ring (bicyclic) bond motifs is 1. The summed E-state index contributed by atoms with van der Waals surface area (Å²) in [6.45, 7) is 3.31. The molecule has 1 aromatic carbocycles. The van der Waals surface area contributed by atoms with Crippen LogP contribution in [0.4, 0.5) is 5.69 Å². The number of likely N-dealkylation sites (N-methyl/N-ethyl adjacent to an activating group) is 1. The first kappa shape index (κ1) is 12.3. The minimum absolute atomic E-state index is 0.169. The molecule has 1 unspecified atom stereocenters. The van der Waals surface area contributed by atoms with Gasteiger partial charge in [-0.05, 0) is 18.2 Å². The highest BCUT2D eigenvalue weighted by atomic mass is 16.5. The van der Waals surface area contributed by atoms with Crippen LogP contribution in [0.25, 0.3) is 11.0 Å². The second kappa shape index (κ2) is 5.07. The molecular formula is C13H18N4O2. The lowest BCUT2D eigenvalue weighted by atomic mass is 10.2. The van der Waals surface area contributed by atoms with Crippen LogP contribution in [0.1, 0.15) is 0 Å². The molecule has 2 heterocycles. The fourth-order valence-electron chi connectivity index (χ4n) is 2.43. The Morgan fingerprint density at radius 2 is 2.21 bits per heavy atom. The fraction of sp³-hybridized carbons (Fsp3) is 0.462. The van der Waals surface area contributed by atoms with Gasteiger partial charge in [0.25, 0.3) is 0 Å². The predicted octanol–water partition coefficient (Wildman–Crippen LogP) is 0.281. The lowest BCUT2D eigenvalue weighted by molar-refractivity contribution is 0.0791. The van der Waals surface area contributed by atoms with E-state index in [1.807, 2.05) is 25.2 Å². The van der Waals surface area contributed by atoms with Gasteiger partial charge in [0.05, 0.1) is 24.2 Å². The third-order valence-corrected chi connectivity index (χ3v) is 3.43. The molecule has 1 aromatic heterocycles. The van der Waals surface area contributed by atoms with Crippen LogP contribution in [0.5, 0.6) is 0 Å². The second-order valence-electron chi connectivity index (χ2n) is 4.92. The SMILES string of the molecule is CN(CC1COCCN1)c1ccc2[nH]c(=O)[nH]c2c1. The van der Waals surface area contributed by atoms with E-state index in [1.54, 1.807) is 0 Å². The standard InChI is InChI=1S/C13H18N4O2/c1-17(7-9-8-19-5-4-14-9)10-2-3-11-12(6-10)16-13(18)15-11/h2-3,6,9,14H,4-5,7-8H2,1H3,(H2,15,16,18). The van der Waals surface area contributed by atoms with E-state index in [4.69, 9.17) is 4.74 Å². The highest BCUT2D eigenvalue weighted by Gasteiger charge is 2.15. The molecule has 1 saturated heterocycles. The van der Waals surface area contributed by atoms with Gasteiger partial charge in [0.15, 0.2) is 0 Å². The molecule has 3 N–H and O–H groups in total. The maximum atomic E-state index is 11.2. The van der Waals surface area contributed by atoms with Gasteiger partial charge in [0.1, 0.15) is 0 Å². The number of imidazole rings is 1. The highest BCUT2D eigenvalue weighted by molar-refractivity contribution is 5.78. The van der Waals surface area contributed by atoms with Crippen LogP contribution in [0.2, 0.25) is 0 Å². The zero-order valence-electron chi connectivity index (χ0n) is 10.9. The Morgan fingerprint density at radius 3 is 3.00 bits per heavy atom. The number of morpholine rings is 1. The number of H-pyrrole nitrogens is 2. The smallest absolute Gasteiger partial charge is 0.323 e. The van der Waals surface area contributed by atoms with Gasteiger partial charge in [-0.25, -0.2) is 4.79 Å². The van der Waals surface area contributed by atoms with Crippen LogP contribution in [0.3, 0.4) is 0 Å². The number of rotatable bonds is 3. The molecule has 3 rings (SSSR count). The zero-order chi connectivity index (χ0) is 13.2. The van der Waals surface area contributed by atoms with E-state index in [1.165, 1.54) is 0 Å². The highest BCUT2D eigenvalue weighted by Crippen LogP contribution is 2.18. The molecule has 0 aliphatic carbocycles. The van der Waals surface area contributed by atoms with E-state index in [-0.39, 0.29) is 5.69 Å². The van der Waals surface area contributed by atoms with Crippen LogP contribution in [0, 0.1) is 0 Å². The Bertz CT molecular complexity index is 612. The third-order valence-electron chi connectivity index (χ3n) is 3.43. The van der Waals surface area contributed by atoms with Gasteiger partial charge in [0, 0.05) is 31.9 Å². The van der Waals surface area contributed by atoms with Gasteiger partial charge >= 0.3 is 5.69 Å². The van der Waals surface area contributed by atoms with Crippen LogP contribution >= 0.6 is 0 Å². The number of anilines is 1. The molecule has 0 spiro atoms. The van der Waals surface area contributed by atoms with Crippen LogP contribution < -0.4 is 15.9 Å². The van der Waals surface area contributed by atoms with Crippen LogP contribution in [0.15, 0.2) is 23.0 Å². The molecule has 1 fully saturated rings. The molecule has 6 heteroatoms. The first-order chi connectivity index (χ1) is 9.22. The molecule has 102 valence electrons. The van der Waals surface area contributed by atoms with Crippen molar-refractivity contribution >= 4 is 16.7 Å². The number of aromatic nitrogens is 2. The quantitative estimate of drug-likeness (QED) is 0.743. The van der Waals surface area contributed by atoms with E-state index >= 15 is 0 Å². The van der Waals surface area contributed by atoms with E-state index in [9.17, 15) is 4.79 Å². The third kappa shape index (κ3) is 2.64. The van der Waals surface area contributed by atoms with Crippen molar-refractivity contribution in [3.8, 4) is 0 Å². The average Bonchev–Trinajstić information content (AvgIpc) is 2.78. The van der Waals surface area contributed by atoms with Gasteiger partial charge in [-0.2, -0.15) is 0 Å². The zero-order valence-corrected chi connectivity index (χ0v) is 10.9. The Labute approximate surface area is 110 Å². The first-order valence-electron chi connectivity index (χ1n) is 6.47. The predicted molar refractivity (Wildman–Crippen MR) is 74.8 cm³/mol. The molecule has 1 aliphatic heterocycles. The van der Waals surface area contributed by atoms with Gasteiger partial charge in [-0.15, -0.1) is 0 Å². The molecule has 0 amide bonds. The summed E-state index contributed by atoms with van der Waals surface area (Å²) in [7, 11) is 2.04. The average molecular weight is 262 g/mol. The molecule has 6 nitrogen and oxygen atoms in total. The second-order valence-corrected chi connectivity index (χ2v) is 4.92. The molecule has 0 bridgehead atoms. The van der Waals surface area contributed by atoms with Gasteiger partial charge in [-0.1, -0.05) is 0 Å². The minimum Gasteiger partial charge on any atom is -0.378 e. The number of nitrogens with one attached hydrogen (secondary N) is 3. The monoisotopic (exact) mass is 262 g/mol. The Kier molecular flexibility index (Phi) is 3.27. The van der Waals surface area contributed by atoms with Crippen LogP contribution in [-0.4, -0.2) is 49.4 Å². The van der Waals surface area contributed by atoms with Crippen molar-refractivity contribution < 1.29 is 4.74 Å². The fourth-order valence-corrected chi connectivity index (χ4v) is 2.43. The number of ether oxygens (including phenoxy) is 1. The number of hydrogen-bond acceptors (Lipinski definition) is 4. The van der Waals surface area contributed by atoms with Crippen molar-refractivity contribution in [3.63, 3.8) is 0 Å². The lowest BCUT2D eigenvalue weighted by Gasteiger charge is -2.29. The lowest BCUT2D eigenvalue weighted by Crippen LogP contribution is -2.47. The molecule has 2 aromatic rings. The molecule has 19 heavy (non-hydrogen) atoms. The summed E-state index contributed by atoms with van der Waals surface area (Å²) in [6.07, 6.45) is 0. The topological polar surface area (TPSA) is 73.2 Å². The van der Waals surface area contributed by atoms with Gasteiger partial charge < -0.3 is 24.9 Å². The Morgan fingerprint density at radius 1 is 1.37 bits per heavy atom. The van der Waals surface area contributed by atoms with E-state index < -0.39 is 0 Å².